The highest BCUT2D eigenvalue weighted by Crippen LogP contribution is 2.24. The molecule has 4 heteroatoms. The lowest BCUT2D eigenvalue weighted by molar-refractivity contribution is -0.151. The van der Waals surface area contributed by atoms with Crippen LogP contribution in [0, 0.1) is 0 Å². The van der Waals surface area contributed by atoms with Gasteiger partial charge in [-0.2, -0.15) is 0 Å². The molecule has 1 saturated heterocycles. The van der Waals surface area contributed by atoms with E-state index in [-0.39, 0.29) is 29.6 Å². The molecule has 1 rings (SSSR count). The summed E-state index contributed by atoms with van der Waals surface area (Å²) < 4.78 is 5.34. The van der Waals surface area contributed by atoms with E-state index in [1.807, 2.05) is 6.92 Å². The Hall–Kier alpha value is -1.32. The molecule has 0 saturated carbocycles. The highest BCUT2D eigenvalue weighted by atomic mass is 16.5. The summed E-state index contributed by atoms with van der Waals surface area (Å²) >= 11 is 0. The van der Waals surface area contributed by atoms with Crippen molar-refractivity contribution in [2.24, 2.45) is 0 Å². The zero-order valence-electron chi connectivity index (χ0n) is 14.7. The molecular weight excluding hydrogens is 292 g/mol. The van der Waals surface area contributed by atoms with Crippen LogP contribution >= 0.6 is 0 Å². The monoisotopic (exact) mass is 324 g/mol. The van der Waals surface area contributed by atoms with E-state index >= 15 is 0 Å². The number of allylic oxidation sites excluding steroid dienone is 1. The third-order valence-electron chi connectivity index (χ3n) is 4.36. The topological polar surface area (TPSA) is 63.6 Å². The molecule has 0 aromatic rings. The molecule has 1 unspecified atom stereocenters. The summed E-state index contributed by atoms with van der Waals surface area (Å²) in [4.78, 5) is 24.1. The minimum atomic E-state index is -0.636. The van der Waals surface area contributed by atoms with Gasteiger partial charge in [0, 0.05) is 12.8 Å². The Bertz CT molecular complexity index is 392. The van der Waals surface area contributed by atoms with Crippen molar-refractivity contribution in [2.75, 3.05) is 0 Å². The standard InChI is InChI=1S/C19H32O4/c1-3-5-7-8-9-10-11-12-15-14-17(21)18(19(22)23-15)16(20)13-6-4-2/h15,20H,3-14H2,1-2H3/b18-16+. The van der Waals surface area contributed by atoms with Crippen LogP contribution in [0.2, 0.25) is 0 Å². The molecule has 23 heavy (non-hydrogen) atoms. The quantitative estimate of drug-likeness (QED) is 0.191. The molecule has 1 N–H and O–H groups in total. The Morgan fingerprint density at radius 1 is 1.00 bits per heavy atom. The van der Waals surface area contributed by atoms with Gasteiger partial charge in [-0.15, -0.1) is 0 Å². The van der Waals surface area contributed by atoms with E-state index in [0.717, 1.165) is 32.1 Å². The van der Waals surface area contributed by atoms with Crippen LogP contribution in [0.15, 0.2) is 11.3 Å². The normalized spacial score (nSPS) is 20.5. The third kappa shape index (κ3) is 7.19. The van der Waals surface area contributed by atoms with Crippen molar-refractivity contribution in [1.82, 2.24) is 0 Å². The highest BCUT2D eigenvalue weighted by molar-refractivity contribution is 6.19. The number of Topliss-reactive ketones (excluding diaryl/α,β-unsaturated/α-hetero) is 1. The van der Waals surface area contributed by atoms with Crippen LogP contribution in [0.3, 0.4) is 0 Å². The van der Waals surface area contributed by atoms with Gasteiger partial charge in [0.2, 0.25) is 0 Å². The molecule has 0 spiro atoms. The summed E-state index contributed by atoms with van der Waals surface area (Å²) in [5.41, 5.74) is -0.116. The van der Waals surface area contributed by atoms with Gasteiger partial charge < -0.3 is 9.84 Å². The van der Waals surface area contributed by atoms with Gasteiger partial charge in [0.15, 0.2) is 5.78 Å². The first-order chi connectivity index (χ1) is 11.1. The Morgan fingerprint density at radius 2 is 1.61 bits per heavy atom. The molecule has 0 aliphatic carbocycles. The summed E-state index contributed by atoms with van der Waals surface area (Å²) in [5, 5.41) is 9.91. The minimum absolute atomic E-state index is 0.101. The van der Waals surface area contributed by atoms with Crippen molar-refractivity contribution >= 4 is 11.8 Å². The fraction of sp³-hybridized carbons (Fsp3) is 0.789. The number of hydrogen-bond donors (Lipinski definition) is 1. The van der Waals surface area contributed by atoms with Gasteiger partial charge >= 0.3 is 5.97 Å². The maximum Gasteiger partial charge on any atom is 0.345 e. The van der Waals surface area contributed by atoms with Crippen LogP contribution in [0.4, 0.5) is 0 Å². The number of carbonyl (C=O) groups excluding carboxylic acids is 2. The fourth-order valence-corrected chi connectivity index (χ4v) is 2.91. The molecule has 1 aliphatic heterocycles. The van der Waals surface area contributed by atoms with Gasteiger partial charge in [-0.3, -0.25) is 4.79 Å². The lowest BCUT2D eigenvalue weighted by Gasteiger charge is -2.23. The first-order valence-electron chi connectivity index (χ1n) is 9.26. The number of esters is 1. The Labute approximate surface area is 140 Å². The predicted molar refractivity (Wildman–Crippen MR) is 91.3 cm³/mol. The Kier molecular flexibility index (Phi) is 9.65. The molecule has 0 amide bonds. The number of unbranched alkanes of at least 4 members (excludes halogenated alkanes) is 7. The molecule has 4 nitrogen and oxygen atoms in total. The van der Waals surface area contributed by atoms with Gasteiger partial charge in [0.05, 0.1) is 0 Å². The molecule has 1 heterocycles. The SMILES string of the molecule is CCCCCCCCCC1CC(=O)/C(=C(\O)CCCC)C(=O)O1. The van der Waals surface area contributed by atoms with Crippen molar-refractivity contribution in [3.8, 4) is 0 Å². The summed E-state index contributed by atoms with van der Waals surface area (Å²) in [6.45, 7) is 4.20. The van der Waals surface area contributed by atoms with E-state index in [9.17, 15) is 14.7 Å². The fourth-order valence-electron chi connectivity index (χ4n) is 2.91. The molecule has 0 radical (unpaired) electrons. The van der Waals surface area contributed by atoms with E-state index in [4.69, 9.17) is 4.74 Å². The molecule has 0 aromatic carbocycles. The van der Waals surface area contributed by atoms with Crippen molar-refractivity contribution in [2.45, 2.75) is 97.0 Å². The van der Waals surface area contributed by atoms with Crippen LogP contribution < -0.4 is 0 Å². The van der Waals surface area contributed by atoms with Crippen molar-refractivity contribution < 1.29 is 19.4 Å². The van der Waals surface area contributed by atoms with Crippen molar-refractivity contribution in [3.63, 3.8) is 0 Å². The van der Waals surface area contributed by atoms with Crippen LogP contribution in [-0.2, 0) is 14.3 Å². The minimum Gasteiger partial charge on any atom is -0.511 e. The number of aliphatic hydroxyl groups excluding tert-OH is 1. The Balaban J connectivity index is 2.33. The van der Waals surface area contributed by atoms with Crippen LogP contribution in [-0.4, -0.2) is 23.0 Å². The Morgan fingerprint density at radius 3 is 2.22 bits per heavy atom. The first kappa shape index (κ1) is 19.7. The highest BCUT2D eigenvalue weighted by Gasteiger charge is 2.34. The molecular formula is C19H32O4. The maximum atomic E-state index is 12.1. The number of rotatable bonds is 11. The van der Waals surface area contributed by atoms with Crippen LogP contribution in [0.25, 0.3) is 0 Å². The van der Waals surface area contributed by atoms with Gasteiger partial charge in [0.1, 0.15) is 17.4 Å². The average molecular weight is 324 g/mol. The number of hydrogen-bond acceptors (Lipinski definition) is 4. The zero-order valence-corrected chi connectivity index (χ0v) is 14.7. The molecule has 1 fully saturated rings. The van der Waals surface area contributed by atoms with E-state index < -0.39 is 5.97 Å². The molecule has 1 aliphatic rings. The molecule has 132 valence electrons. The summed E-state index contributed by atoms with van der Waals surface area (Å²) in [6.07, 6.45) is 11.1. The second-order valence-electron chi connectivity index (χ2n) is 6.49. The van der Waals surface area contributed by atoms with E-state index in [0.29, 0.717) is 6.42 Å². The lowest BCUT2D eigenvalue weighted by atomic mass is 9.96. The third-order valence-corrected chi connectivity index (χ3v) is 4.36. The lowest BCUT2D eigenvalue weighted by Crippen LogP contribution is -2.33. The van der Waals surface area contributed by atoms with Gasteiger partial charge in [-0.25, -0.2) is 4.79 Å². The van der Waals surface area contributed by atoms with E-state index in [1.54, 1.807) is 0 Å². The number of cyclic esters (lactones) is 1. The number of ketones is 1. The molecule has 0 bridgehead atoms. The summed E-state index contributed by atoms with van der Waals surface area (Å²) in [6, 6.07) is 0. The second kappa shape index (κ2) is 11.3. The van der Waals surface area contributed by atoms with Gasteiger partial charge in [-0.1, -0.05) is 58.8 Å². The van der Waals surface area contributed by atoms with Crippen molar-refractivity contribution in [1.29, 1.82) is 0 Å². The smallest absolute Gasteiger partial charge is 0.345 e. The van der Waals surface area contributed by atoms with Crippen LogP contribution in [0.5, 0.6) is 0 Å². The van der Waals surface area contributed by atoms with Crippen LogP contribution in [0.1, 0.15) is 90.9 Å². The average Bonchev–Trinajstić information content (AvgIpc) is 2.51. The first-order valence-corrected chi connectivity index (χ1v) is 9.26. The summed E-state index contributed by atoms with van der Waals surface area (Å²) in [7, 11) is 0. The van der Waals surface area contributed by atoms with Crippen molar-refractivity contribution in [3.05, 3.63) is 11.3 Å². The molecule has 1 atom stereocenters. The van der Waals surface area contributed by atoms with E-state index in [2.05, 4.69) is 6.92 Å². The number of carbonyl (C=O) groups is 2. The number of aliphatic hydroxyl groups is 1. The molecule has 0 aromatic heterocycles. The largest absolute Gasteiger partial charge is 0.511 e. The second-order valence-corrected chi connectivity index (χ2v) is 6.49. The van der Waals surface area contributed by atoms with Gasteiger partial charge in [0.25, 0.3) is 0 Å². The number of ether oxygens (including phenoxy) is 1. The predicted octanol–water partition coefficient (Wildman–Crippen LogP) is 5.01. The maximum absolute atomic E-state index is 12.1. The zero-order chi connectivity index (χ0) is 17.1. The van der Waals surface area contributed by atoms with Gasteiger partial charge in [-0.05, 0) is 19.3 Å². The van der Waals surface area contributed by atoms with E-state index in [1.165, 1.54) is 32.1 Å². The summed E-state index contributed by atoms with van der Waals surface area (Å²) in [5.74, 6) is -0.998.